The fraction of sp³-hybridized carbons (Fsp3) is 0.400. The normalized spacial score (nSPS) is 12.9. The molecular weight excluding hydrogens is 402 g/mol. The lowest BCUT2D eigenvalue weighted by molar-refractivity contribution is -0.118. The zero-order valence-electron chi connectivity index (χ0n) is 19.0. The predicted octanol–water partition coefficient (Wildman–Crippen LogP) is 2.51. The molecule has 170 valence electrons. The van der Waals surface area contributed by atoms with E-state index in [0.717, 1.165) is 43.1 Å². The molecule has 0 fully saturated rings. The summed E-state index contributed by atoms with van der Waals surface area (Å²) in [6.45, 7) is 4.85. The molecule has 0 atom stereocenters. The molecule has 2 amide bonds. The summed E-state index contributed by atoms with van der Waals surface area (Å²) >= 11 is 0. The summed E-state index contributed by atoms with van der Waals surface area (Å²) in [5.74, 6) is 0.828. The molecule has 7 heteroatoms. The maximum atomic E-state index is 12.6. The molecule has 1 aliphatic rings. The number of hydrogen-bond donors (Lipinski definition) is 3. The van der Waals surface area contributed by atoms with Crippen LogP contribution in [0.4, 0.5) is 5.69 Å². The van der Waals surface area contributed by atoms with Gasteiger partial charge in [-0.05, 0) is 55.5 Å². The number of benzene rings is 2. The second kappa shape index (κ2) is 11.9. The van der Waals surface area contributed by atoms with Gasteiger partial charge in [0.25, 0.3) is 5.91 Å². The SMILES string of the molecule is CCNC(=NCCCC(=O)N1CCc2ccccc21)NCCc1cccc(C(=O)NC)c1. The number of nitrogens with zero attached hydrogens (tertiary/aromatic N) is 2. The minimum Gasteiger partial charge on any atom is -0.357 e. The topological polar surface area (TPSA) is 85.8 Å². The maximum Gasteiger partial charge on any atom is 0.251 e. The Morgan fingerprint density at radius 2 is 1.94 bits per heavy atom. The summed E-state index contributed by atoms with van der Waals surface area (Å²) in [7, 11) is 1.63. The predicted molar refractivity (Wildman–Crippen MR) is 129 cm³/mol. The molecule has 0 saturated carbocycles. The number of para-hydroxylation sites is 1. The molecule has 0 radical (unpaired) electrons. The smallest absolute Gasteiger partial charge is 0.251 e. The molecule has 3 N–H and O–H groups in total. The van der Waals surface area contributed by atoms with Gasteiger partial charge in [-0.2, -0.15) is 0 Å². The van der Waals surface area contributed by atoms with Crippen molar-refractivity contribution < 1.29 is 9.59 Å². The van der Waals surface area contributed by atoms with E-state index in [4.69, 9.17) is 0 Å². The largest absolute Gasteiger partial charge is 0.357 e. The van der Waals surface area contributed by atoms with E-state index >= 15 is 0 Å². The molecule has 1 aliphatic heterocycles. The first-order valence-corrected chi connectivity index (χ1v) is 11.3. The van der Waals surface area contributed by atoms with Crippen LogP contribution < -0.4 is 20.9 Å². The van der Waals surface area contributed by atoms with Gasteiger partial charge >= 0.3 is 0 Å². The minimum absolute atomic E-state index is 0.0818. The van der Waals surface area contributed by atoms with E-state index in [-0.39, 0.29) is 11.8 Å². The summed E-state index contributed by atoms with van der Waals surface area (Å²) in [6, 6.07) is 15.8. The Morgan fingerprint density at radius 1 is 1.09 bits per heavy atom. The van der Waals surface area contributed by atoms with E-state index < -0.39 is 0 Å². The zero-order chi connectivity index (χ0) is 22.8. The van der Waals surface area contributed by atoms with Crippen LogP contribution in [0.1, 0.15) is 41.3 Å². The highest BCUT2D eigenvalue weighted by atomic mass is 16.2. The number of carbonyl (C=O) groups is 2. The van der Waals surface area contributed by atoms with Crippen molar-refractivity contribution in [2.24, 2.45) is 4.99 Å². The van der Waals surface area contributed by atoms with Crippen LogP contribution in [0.3, 0.4) is 0 Å². The van der Waals surface area contributed by atoms with Crippen LogP contribution in [-0.2, 0) is 17.6 Å². The van der Waals surface area contributed by atoms with Crippen molar-refractivity contribution in [1.29, 1.82) is 0 Å². The first-order chi connectivity index (χ1) is 15.6. The van der Waals surface area contributed by atoms with Crippen molar-refractivity contribution in [2.45, 2.75) is 32.6 Å². The summed E-state index contributed by atoms with van der Waals surface area (Å²) in [5.41, 5.74) is 4.05. The summed E-state index contributed by atoms with van der Waals surface area (Å²) in [6.07, 6.45) is 2.91. The second-order valence-corrected chi connectivity index (χ2v) is 7.74. The van der Waals surface area contributed by atoms with Crippen LogP contribution in [0.25, 0.3) is 0 Å². The van der Waals surface area contributed by atoms with Crippen LogP contribution in [0.15, 0.2) is 53.5 Å². The lowest BCUT2D eigenvalue weighted by atomic mass is 10.1. The summed E-state index contributed by atoms with van der Waals surface area (Å²) in [4.78, 5) is 30.9. The van der Waals surface area contributed by atoms with Gasteiger partial charge in [-0.25, -0.2) is 0 Å². The van der Waals surface area contributed by atoms with E-state index in [1.54, 1.807) is 7.05 Å². The Hall–Kier alpha value is -3.35. The molecule has 0 aliphatic carbocycles. The number of anilines is 1. The third kappa shape index (κ3) is 6.33. The fourth-order valence-corrected chi connectivity index (χ4v) is 3.83. The van der Waals surface area contributed by atoms with Crippen molar-refractivity contribution in [1.82, 2.24) is 16.0 Å². The molecule has 0 aromatic heterocycles. The van der Waals surface area contributed by atoms with Crippen molar-refractivity contribution in [2.75, 3.05) is 38.1 Å². The molecule has 0 unspecified atom stereocenters. The Bertz CT molecular complexity index is 957. The molecular formula is C25H33N5O2. The monoisotopic (exact) mass is 435 g/mol. The van der Waals surface area contributed by atoms with Crippen LogP contribution in [0, 0.1) is 0 Å². The number of nitrogens with one attached hydrogen (secondary N) is 3. The molecule has 32 heavy (non-hydrogen) atoms. The van der Waals surface area contributed by atoms with Gasteiger partial charge in [-0.15, -0.1) is 0 Å². The average molecular weight is 436 g/mol. The number of fused-ring (bicyclic) bond motifs is 1. The third-order valence-corrected chi connectivity index (χ3v) is 5.47. The first kappa shape index (κ1) is 23.3. The molecule has 2 aromatic rings. The minimum atomic E-state index is -0.0818. The van der Waals surface area contributed by atoms with Gasteiger partial charge in [0.05, 0.1) is 0 Å². The van der Waals surface area contributed by atoms with E-state index in [1.165, 1.54) is 5.56 Å². The Morgan fingerprint density at radius 3 is 2.75 bits per heavy atom. The van der Waals surface area contributed by atoms with Gasteiger partial charge < -0.3 is 20.9 Å². The van der Waals surface area contributed by atoms with Crippen molar-refractivity contribution in [3.63, 3.8) is 0 Å². The first-order valence-electron chi connectivity index (χ1n) is 11.3. The van der Waals surface area contributed by atoms with Crippen LogP contribution in [0.5, 0.6) is 0 Å². The highest BCUT2D eigenvalue weighted by Crippen LogP contribution is 2.28. The number of carbonyl (C=O) groups excluding carboxylic acids is 2. The zero-order valence-corrected chi connectivity index (χ0v) is 19.0. The van der Waals surface area contributed by atoms with Crippen LogP contribution >= 0.6 is 0 Å². The molecule has 2 aromatic carbocycles. The van der Waals surface area contributed by atoms with E-state index in [1.807, 2.05) is 54.3 Å². The van der Waals surface area contributed by atoms with Gasteiger partial charge in [0, 0.05) is 50.9 Å². The van der Waals surface area contributed by atoms with Crippen molar-refractivity contribution in [3.05, 3.63) is 65.2 Å². The maximum absolute atomic E-state index is 12.6. The number of guanidine groups is 1. The van der Waals surface area contributed by atoms with Gasteiger partial charge in [0.15, 0.2) is 5.96 Å². The van der Waals surface area contributed by atoms with Gasteiger partial charge in [0.1, 0.15) is 0 Å². The summed E-state index contributed by atoms with van der Waals surface area (Å²) in [5, 5.41) is 9.22. The lowest BCUT2D eigenvalue weighted by Crippen LogP contribution is -2.38. The molecule has 1 heterocycles. The average Bonchev–Trinajstić information content (AvgIpc) is 3.25. The molecule has 0 saturated heterocycles. The lowest BCUT2D eigenvalue weighted by Gasteiger charge is -2.17. The quantitative estimate of drug-likeness (QED) is 0.321. The molecule has 7 nitrogen and oxygen atoms in total. The van der Waals surface area contributed by atoms with Crippen LogP contribution in [-0.4, -0.2) is 51.0 Å². The molecule has 0 spiro atoms. The Balaban J connectivity index is 1.44. The molecule has 3 rings (SSSR count). The number of hydrogen-bond acceptors (Lipinski definition) is 3. The van der Waals surface area contributed by atoms with E-state index in [0.29, 0.717) is 31.5 Å². The van der Waals surface area contributed by atoms with Crippen molar-refractivity contribution in [3.8, 4) is 0 Å². The number of amides is 2. The van der Waals surface area contributed by atoms with E-state index in [2.05, 4.69) is 27.0 Å². The Labute approximate surface area is 190 Å². The standard InChI is InChI=1S/C25H33N5O2/c1-3-27-25(29-16-13-19-8-6-10-21(18-19)24(32)26-2)28-15-7-12-23(31)30-17-14-20-9-4-5-11-22(20)30/h4-6,8-11,18H,3,7,12-17H2,1-2H3,(H,26,32)(H2,27,28,29). The fourth-order valence-electron chi connectivity index (χ4n) is 3.83. The third-order valence-electron chi connectivity index (χ3n) is 5.47. The summed E-state index contributed by atoms with van der Waals surface area (Å²) < 4.78 is 0. The number of rotatable bonds is 9. The second-order valence-electron chi connectivity index (χ2n) is 7.74. The van der Waals surface area contributed by atoms with Gasteiger partial charge in [-0.3, -0.25) is 14.6 Å². The van der Waals surface area contributed by atoms with Crippen LogP contribution in [0.2, 0.25) is 0 Å². The number of aliphatic imine (C=N–C) groups is 1. The molecule has 0 bridgehead atoms. The van der Waals surface area contributed by atoms with Gasteiger partial charge in [-0.1, -0.05) is 30.3 Å². The van der Waals surface area contributed by atoms with E-state index in [9.17, 15) is 9.59 Å². The highest BCUT2D eigenvalue weighted by molar-refractivity contribution is 5.95. The Kier molecular flexibility index (Phi) is 8.66. The van der Waals surface area contributed by atoms with Gasteiger partial charge in [0.2, 0.25) is 5.91 Å². The highest BCUT2D eigenvalue weighted by Gasteiger charge is 2.23. The van der Waals surface area contributed by atoms with Crippen molar-refractivity contribution >= 4 is 23.5 Å².